The molecule has 2 atom stereocenters. The summed E-state index contributed by atoms with van der Waals surface area (Å²) in [6.45, 7) is 7.60. The highest BCUT2D eigenvalue weighted by atomic mass is 32.2. The van der Waals surface area contributed by atoms with E-state index in [1.165, 1.54) is 0 Å². The third-order valence-corrected chi connectivity index (χ3v) is 12.1. The monoisotopic (exact) mass is 1190 g/mol. The number of amides is 3. The van der Waals surface area contributed by atoms with Gasteiger partial charge in [0.15, 0.2) is 0 Å². The van der Waals surface area contributed by atoms with Gasteiger partial charge in [-0.3, -0.25) is 23.7 Å². The number of hydrogen-bond donors (Lipinski definition) is 6. The second-order valence-corrected chi connectivity index (χ2v) is 19.6. The SMILES string of the molecule is [N-]=[N+]=NC(COCCOCCOCCOCCOCCOCCOCCOCCOCCOCCOCCNC(=O)[C@H](CCC(=O)O)NC(=O)CC[C@H](NC(=O)CCCCCCCCCCCCCCCS(=O)(=O)O)C(=O)O)N=[N+]=[N-]. The van der Waals surface area contributed by atoms with Gasteiger partial charge in [0.1, 0.15) is 18.2 Å². The van der Waals surface area contributed by atoms with Gasteiger partial charge >= 0.3 is 11.9 Å². The Bertz CT molecular complexity index is 1780. The van der Waals surface area contributed by atoms with Crippen molar-refractivity contribution in [3.05, 3.63) is 20.9 Å². The molecule has 470 valence electrons. The molecule has 31 heteroatoms. The van der Waals surface area contributed by atoms with E-state index in [1.807, 2.05) is 0 Å². The van der Waals surface area contributed by atoms with E-state index >= 15 is 0 Å². The standard InChI is InChI=1S/C50H93N9O21S/c51-58-56-45(57-59-52)42-80-40-39-79-38-37-78-36-35-77-34-33-76-32-31-75-30-29-74-28-27-73-26-25-72-24-23-71-22-21-70-20-19-53-49(64)43(16-18-48(62)63)54-47(61)17-15-44(50(65)66)55-46(60)14-12-10-8-6-4-2-1-3-5-7-9-11-13-41-81(67,68)69/h43-45H,1-42H2,(H,53,64)(H,54,61)(H,55,60)(H,62,63)(H,65,66)(H,67,68,69)/t43-,44-/m0/s1. The van der Waals surface area contributed by atoms with Gasteiger partial charge in [0.05, 0.1) is 151 Å². The number of ether oxygens (including phenoxy) is 11. The Morgan fingerprint density at radius 1 is 0.432 bits per heavy atom. The molecule has 0 bridgehead atoms. The molecule has 0 aliphatic rings. The minimum Gasteiger partial charge on any atom is -0.481 e. The van der Waals surface area contributed by atoms with Crippen LogP contribution in [0.5, 0.6) is 0 Å². The Balaban J connectivity index is 3.79. The Morgan fingerprint density at radius 2 is 0.753 bits per heavy atom. The molecule has 0 aromatic rings. The van der Waals surface area contributed by atoms with Gasteiger partial charge in [0.2, 0.25) is 17.7 Å². The number of rotatable bonds is 63. The minimum atomic E-state index is -3.87. The Labute approximate surface area is 476 Å². The van der Waals surface area contributed by atoms with Gasteiger partial charge in [0.25, 0.3) is 10.1 Å². The second kappa shape index (κ2) is 57.3. The lowest BCUT2D eigenvalue weighted by Gasteiger charge is -2.19. The first-order valence-electron chi connectivity index (χ1n) is 28.0. The Hall–Kier alpha value is -4.56. The molecule has 0 aromatic heterocycles. The summed E-state index contributed by atoms with van der Waals surface area (Å²) in [6, 6.07) is -2.50. The molecule has 81 heavy (non-hydrogen) atoms. The summed E-state index contributed by atoms with van der Waals surface area (Å²) in [6.07, 6.45) is 10.3. The summed E-state index contributed by atoms with van der Waals surface area (Å²) in [5, 5.41) is 33.0. The molecule has 0 rings (SSSR count). The lowest BCUT2D eigenvalue weighted by atomic mass is 10.0. The fraction of sp³-hybridized carbons (Fsp3) is 0.900. The van der Waals surface area contributed by atoms with Crippen molar-refractivity contribution in [1.82, 2.24) is 16.0 Å². The zero-order valence-corrected chi connectivity index (χ0v) is 48.0. The van der Waals surface area contributed by atoms with Crippen LogP contribution in [-0.4, -0.2) is 229 Å². The fourth-order valence-corrected chi connectivity index (χ4v) is 7.65. The van der Waals surface area contributed by atoms with Crippen molar-refractivity contribution in [2.45, 2.75) is 134 Å². The van der Waals surface area contributed by atoms with Crippen molar-refractivity contribution in [2.75, 3.05) is 158 Å². The summed E-state index contributed by atoms with van der Waals surface area (Å²) in [7, 11) is -3.87. The molecule has 0 fully saturated rings. The molecule has 0 saturated heterocycles. The van der Waals surface area contributed by atoms with Crippen LogP contribution in [0.15, 0.2) is 10.2 Å². The lowest BCUT2D eigenvalue weighted by molar-refractivity contribution is -0.142. The quantitative estimate of drug-likeness (QED) is 0.0163. The first-order chi connectivity index (χ1) is 39.3. The van der Waals surface area contributed by atoms with Crippen LogP contribution in [0, 0.1) is 0 Å². The fourth-order valence-electron chi connectivity index (χ4n) is 7.08. The first-order valence-corrected chi connectivity index (χ1v) is 29.6. The highest BCUT2D eigenvalue weighted by molar-refractivity contribution is 7.85. The van der Waals surface area contributed by atoms with Crippen molar-refractivity contribution in [3.8, 4) is 0 Å². The predicted octanol–water partition coefficient (Wildman–Crippen LogP) is 4.28. The molecule has 3 amide bonds. The van der Waals surface area contributed by atoms with Gasteiger partial charge in [-0.15, -0.1) is 0 Å². The zero-order valence-electron chi connectivity index (χ0n) is 47.2. The second-order valence-electron chi connectivity index (χ2n) is 18.1. The van der Waals surface area contributed by atoms with Crippen LogP contribution >= 0.6 is 0 Å². The maximum absolute atomic E-state index is 12.9. The number of carbonyl (C=O) groups excluding carboxylic acids is 3. The average molecular weight is 1190 g/mol. The van der Waals surface area contributed by atoms with Crippen molar-refractivity contribution in [2.24, 2.45) is 10.2 Å². The van der Waals surface area contributed by atoms with E-state index in [9.17, 15) is 42.6 Å². The molecule has 0 aromatic carbocycles. The normalized spacial score (nSPS) is 12.5. The smallest absolute Gasteiger partial charge is 0.326 e. The topological polar surface area (TPSA) is 415 Å². The van der Waals surface area contributed by atoms with Crippen LogP contribution in [0.1, 0.15) is 116 Å². The van der Waals surface area contributed by atoms with E-state index in [-0.39, 0.29) is 71.0 Å². The van der Waals surface area contributed by atoms with Crippen molar-refractivity contribution >= 4 is 39.8 Å². The third-order valence-electron chi connectivity index (χ3n) is 11.3. The largest absolute Gasteiger partial charge is 0.481 e. The number of aliphatic carboxylic acids is 2. The molecule has 0 saturated carbocycles. The zero-order chi connectivity index (χ0) is 59.5. The Morgan fingerprint density at radius 3 is 1.11 bits per heavy atom. The number of carboxylic acid groups (broad SMARTS) is 2. The predicted molar refractivity (Wildman–Crippen MR) is 293 cm³/mol. The van der Waals surface area contributed by atoms with Crippen LogP contribution in [0.25, 0.3) is 20.9 Å². The summed E-state index contributed by atoms with van der Waals surface area (Å²) in [4.78, 5) is 66.4. The lowest BCUT2D eigenvalue weighted by Crippen LogP contribution is -2.48. The number of nitrogens with one attached hydrogen (secondary N) is 3. The van der Waals surface area contributed by atoms with E-state index in [2.05, 4.69) is 36.0 Å². The first kappa shape index (κ1) is 76.4. The highest BCUT2D eigenvalue weighted by Crippen LogP contribution is 2.14. The number of hydrogen-bond acceptors (Lipinski definition) is 20. The highest BCUT2D eigenvalue weighted by Gasteiger charge is 2.25. The molecule has 30 nitrogen and oxygen atoms in total. The number of unbranched alkanes of at least 4 members (excludes halogenated alkanes) is 12. The number of carbonyl (C=O) groups is 5. The van der Waals surface area contributed by atoms with Crippen LogP contribution < -0.4 is 16.0 Å². The van der Waals surface area contributed by atoms with Gasteiger partial charge in [-0.25, -0.2) is 4.79 Å². The van der Waals surface area contributed by atoms with Gasteiger partial charge in [0, 0.05) is 35.6 Å². The van der Waals surface area contributed by atoms with Gasteiger partial charge < -0.3 is 78.3 Å². The van der Waals surface area contributed by atoms with Crippen molar-refractivity contribution in [1.29, 1.82) is 0 Å². The van der Waals surface area contributed by atoms with Crippen LogP contribution in [0.4, 0.5) is 0 Å². The number of nitrogens with zero attached hydrogens (tertiary/aromatic N) is 6. The molecule has 0 radical (unpaired) electrons. The number of azide groups is 1. The van der Waals surface area contributed by atoms with E-state index in [0.29, 0.717) is 125 Å². The van der Waals surface area contributed by atoms with Gasteiger partial charge in [-0.05, 0) is 36.7 Å². The summed E-state index contributed by atoms with van der Waals surface area (Å²) in [5.74, 6) is -4.38. The van der Waals surface area contributed by atoms with Crippen LogP contribution in [-0.2, 0) is 86.2 Å². The van der Waals surface area contributed by atoms with Gasteiger partial charge in [-0.2, -0.15) is 8.42 Å². The Kier molecular flexibility index (Phi) is 54.0. The summed E-state index contributed by atoms with van der Waals surface area (Å²) >= 11 is 0. The van der Waals surface area contributed by atoms with E-state index in [1.54, 1.807) is 0 Å². The maximum Gasteiger partial charge on any atom is 0.326 e. The molecular weight excluding hydrogens is 1090 g/mol. The summed E-state index contributed by atoms with van der Waals surface area (Å²) < 4.78 is 90.0. The molecule has 6 N–H and O–H groups in total. The molecule has 0 aliphatic carbocycles. The van der Waals surface area contributed by atoms with Gasteiger partial charge in [-0.1, -0.05) is 80.9 Å². The maximum atomic E-state index is 12.9. The van der Waals surface area contributed by atoms with Crippen LogP contribution in [0.2, 0.25) is 0 Å². The van der Waals surface area contributed by atoms with Crippen LogP contribution in [0.3, 0.4) is 0 Å². The van der Waals surface area contributed by atoms with E-state index < -0.39 is 64.4 Å². The molecule has 0 spiro atoms. The average Bonchev–Trinajstić information content (AvgIpc) is 3.42. The molecule has 0 aliphatic heterocycles. The van der Waals surface area contributed by atoms with E-state index in [4.69, 9.17) is 67.7 Å². The molecular formula is C50H93N9O21S. The number of carboxylic acids is 2. The third kappa shape index (κ3) is 57.1. The van der Waals surface area contributed by atoms with E-state index in [0.717, 1.165) is 70.6 Å². The van der Waals surface area contributed by atoms with Crippen molar-refractivity contribution in [3.63, 3.8) is 0 Å². The molecule has 0 heterocycles. The summed E-state index contributed by atoms with van der Waals surface area (Å²) in [5.41, 5.74) is 16.8. The van der Waals surface area contributed by atoms with Crippen molar-refractivity contribution < 1.29 is 99.3 Å². The minimum absolute atomic E-state index is 0.0278. The molecule has 0 unspecified atom stereocenters.